The fourth-order valence-corrected chi connectivity index (χ4v) is 2.49. The molecule has 0 aliphatic heterocycles. The van der Waals surface area contributed by atoms with E-state index in [1.807, 2.05) is 13.0 Å². The summed E-state index contributed by atoms with van der Waals surface area (Å²) in [5.41, 5.74) is 2.36. The second kappa shape index (κ2) is 7.69. The van der Waals surface area contributed by atoms with E-state index in [9.17, 15) is 14.4 Å². The lowest BCUT2D eigenvalue weighted by molar-refractivity contribution is -0.115. The van der Waals surface area contributed by atoms with E-state index in [-0.39, 0.29) is 24.0 Å². The molecule has 0 saturated carbocycles. The Balaban J connectivity index is 1.57. The van der Waals surface area contributed by atoms with Gasteiger partial charge in [0, 0.05) is 18.3 Å². The van der Waals surface area contributed by atoms with Crippen LogP contribution in [0, 0.1) is 6.92 Å². The molecule has 27 heavy (non-hydrogen) atoms. The smallest absolute Gasteiger partial charge is 0.343 e. The van der Waals surface area contributed by atoms with Crippen LogP contribution in [0.5, 0.6) is 0 Å². The Morgan fingerprint density at radius 2 is 1.85 bits per heavy atom. The van der Waals surface area contributed by atoms with Crippen molar-refractivity contribution in [3.8, 4) is 5.69 Å². The van der Waals surface area contributed by atoms with Crippen LogP contribution in [0.15, 0.2) is 59.7 Å². The first kappa shape index (κ1) is 18.1. The van der Waals surface area contributed by atoms with Gasteiger partial charge in [0.15, 0.2) is 0 Å². The molecule has 1 heterocycles. The van der Waals surface area contributed by atoms with Crippen LogP contribution in [-0.2, 0) is 11.8 Å². The molecule has 0 bridgehead atoms. The van der Waals surface area contributed by atoms with Gasteiger partial charge >= 0.3 is 5.69 Å². The van der Waals surface area contributed by atoms with Crippen molar-refractivity contribution >= 4 is 17.5 Å². The molecule has 3 rings (SSSR count). The number of aryl methyl sites for hydroxylation is 2. The molecule has 0 fully saturated rings. The molecule has 0 unspecified atom stereocenters. The molecule has 2 N–H and O–H groups in total. The van der Waals surface area contributed by atoms with Gasteiger partial charge in [-0.2, -0.15) is 9.78 Å². The molecule has 0 radical (unpaired) electrons. The second-order valence-electron chi connectivity index (χ2n) is 6.08. The number of rotatable bonds is 5. The fraction of sp³-hybridized carbons (Fsp3) is 0.158. The Morgan fingerprint density at radius 1 is 1.11 bits per heavy atom. The predicted molar refractivity (Wildman–Crippen MR) is 101 cm³/mol. The lowest BCUT2D eigenvalue weighted by Crippen LogP contribution is -2.32. The number of aromatic nitrogens is 3. The van der Waals surface area contributed by atoms with Crippen molar-refractivity contribution in [2.24, 2.45) is 7.05 Å². The minimum absolute atomic E-state index is 0.145. The lowest BCUT2D eigenvalue weighted by atomic mass is 10.1. The Kier molecular flexibility index (Phi) is 5.16. The van der Waals surface area contributed by atoms with E-state index in [2.05, 4.69) is 15.7 Å². The van der Waals surface area contributed by atoms with Crippen LogP contribution in [0.25, 0.3) is 5.69 Å². The van der Waals surface area contributed by atoms with Crippen LogP contribution in [0.3, 0.4) is 0 Å². The topological polar surface area (TPSA) is 98.0 Å². The molecule has 1 aromatic heterocycles. The summed E-state index contributed by atoms with van der Waals surface area (Å²) in [5.74, 6) is -0.655. The number of carbonyl (C=O) groups is 2. The third-order valence-corrected chi connectivity index (χ3v) is 3.91. The molecule has 2 aromatic carbocycles. The summed E-state index contributed by atoms with van der Waals surface area (Å²) in [4.78, 5) is 36.0. The maximum absolute atomic E-state index is 12.1. The SMILES string of the molecule is Cc1cccc(C(=O)NCC(=O)Nc2ccc(-n3ncn(C)c3=O)cc2)c1. The van der Waals surface area contributed by atoms with Crippen LogP contribution in [0.1, 0.15) is 15.9 Å². The molecule has 3 aromatic rings. The van der Waals surface area contributed by atoms with E-state index in [0.717, 1.165) is 5.56 Å². The molecule has 0 spiro atoms. The van der Waals surface area contributed by atoms with Crippen LogP contribution < -0.4 is 16.3 Å². The van der Waals surface area contributed by atoms with Gasteiger partial charge in [-0.15, -0.1) is 0 Å². The van der Waals surface area contributed by atoms with Gasteiger partial charge in [0.05, 0.1) is 12.2 Å². The summed E-state index contributed by atoms with van der Waals surface area (Å²) in [7, 11) is 1.62. The molecule has 8 heteroatoms. The molecule has 138 valence electrons. The van der Waals surface area contributed by atoms with Crippen LogP contribution >= 0.6 is 0 Å². The van der Waals surface area contributed by atoms with E-state index in [4.69, 9.17) is 0 Å². The first-order valence-corrected chi connectivity index (χ1v) is 8.30. The average molecular weight is 365 g/mol. The van der Waals surface area contributed by atoms with Crippen molar-refractivity contribution in [1.29, 1.82) is 0 Å². The normalized spacial score (nSPS) is 10.4. The summed E-state index contributed by atoms with van der Waals surface area (Å²) in [5, 5.41) is 9.27. The third-order valence-electron chi connectivity index (χ3n) is 3.91. The van der Waals surface area contributed by atoms with Crippen molar-refractivity contribution in [1.82, 2.24) is 19.7 Å². The number of benzene rings is 2. The van der Waals surface area contributed by atoms with E-state index < -0.39 is 0 Å². The van der Waals surface area contributed by atoms with Crippen LogP contribution in [-0.4, -0.2) is 32.7 Å². The van der Waals surface area contributed by atoms with E-state index in [0.29, 0.717) is 16.9 Å². The highest BCUT2D eigenvalue weighted by atomic mass is 16.2. The average Bonchev–Trinajstić information content (AvgIpc) is 2.99. The molecule has 0 atom stereocenters. The van der Waals surface area contributed by atoms with E-state index in [1.54, 1.807) is 49.5 Å². The van der Waals surface area contributed by atoms with Crippen LogP contribution in [0.4, 0.5) is 5.69 Å². The minimum atomic E-state index is -0.348. The Morgan fingerprint density at radius 3 is 2.48 bits per heavy atom. The zero-order valence-corrected chi connectivity index (χ0v) is 15.0. The van der Waals surface area contributed by atoms with E-state index >= 15 is 0 Å². The summed E-state index contributed by atoms with van der Waals surface area (Å²) in [6.45, 7) is 1.75. The molecular formula is C19H19N5O3. The van der Waals surface area contributed by atoms with Crippen molar-refractivity contribution in [3.63, 3.8) is 0 Å². The zero-order valence-electron chi connectivity index (χ0n) is 15.0. The van der Waals surface area contributed by atoms with Crippen molar-refractivity contribution in [2.75, 3.05) is 11.9 Å². The number of nitrogens with one attached hydrogen (secondary N) is 2. The summed E-state index contributed by atoms with van der Waals surface area (Å²) in [6, 6.07) is 13.8. The lowest BCUT2D eigenvalue weighted by Gasteiger charge is -2.08. The van der Waals surface area contributed by atoms with Gasteiger partial charge in [-0.3, -0.25) is 14.2 Å². The highest BCUT2D eigenvalue weighted by Gasteiger charge is 2.09. The Labute approximate surface area is 155 Å². The van der Waals surface area contributed by atoms with E-state index in [1.165, 1.54) is 15.6 Å². The Hall–Kier alpha value is -3.68. The first-order chi connectivity index (χ1) is 12.9. The number of hydrogen-bond donors (Lipinski definition) is 2. The number of hydrogen-bond acceptors (Lipinski definition) is 4. The van der Waals surface area contributed by atoms with Crippen LogP contribution in [0.2, 0.25) is 0 Å². The number of amides is 2. The largest absolute Gasteiger partial charge is 0.350 e. The number of nitrogens with zero attached hydrogens (tertiary/aromatic N) is 3. The van der Waals surface area contributed by atoms with Gasteiger partial charge in [-0.25, -0.2) is 4.79 Å². The maximum Gasteiger partial charge on any atom is 0.350 e. The molecule has 2 amide bonds. The number of carbonyl (C=O) groups excluding carboxylic acids is 2. The third kappa shape index (κ3) is 4.30. The summed E-state index contributed by atoms with van der Waals surface area (Å²) in [6.07, 6.45) is 1.43. The first-order valence-electron chi connectivity index (χ1n) is 8.30. The highest BCUT2D eigenvalue weighted by Crippen LogP contribution is 2.11. The standard InChI is InChI=1S/C19H19N5O3/c1-13-4-3-5-14(10-13)18(26)20-11-17(25)22-15-6-8-16(9-7-15)24-19(27)23(2)12-21-24/h3-10,12H,11H2,1-2H3,(H,20,26)(H,22,25). The van der Waals surface area contributed by atoms with Gasteiger partial charge in [0.25, 0.3) is 5.91 Å². The monoisotopic (exact) mass is 365 g/mol. The van der Waals surface area contributed by atoms with Gasteiger partial charge in [0.2, 0.25) is 5.91 Å². The molecule has 8 nitrogen and oxygen atoms in total. The van der Waals surface area contributed by atoms with Gasteiger partial charge in [-0.1, -0.05) is 17.7 Å². The summed E-state index contributed by atoms with van der Waals surface area (Å²) >= 11 is 0. The number of anilines is 1. The predicted octanol–water partition coefficient (Wildman–Crippen LogP) is 1.25. The molecule has 0 saturated heterocycles. The molecule has 0 aliphatic rings. The molecule has 0 aliphatic carbocycles. The minimum Gasteiger partial charge on any atom is -0.343 e. The molecular weight excluding hydrogens is 346 g/mol. The zero-order chi connectivity index (χ0) is 19.4. The van der Waals surface area contributed by atoms with Gasteiger partial charge in [-0.05, 0) is 43.3 Å². The quantitative estimate of drug-likeness (QED) is 0.711. The maximum atomic E-state index is 12.1. The van der Waals surface area contributed by atoms with Crippen molar-refractivity contribution < 1.29 is 9.59 Å². The Bertz CT molecular complexity index is 1030. The van der Waals surface area contributed by atoms with Gasteiger partial charge in [0.1, 0.15) is 6.33 Å². The summed E-state index contributed by atoms with van der Waals surface area (Å²) < 4.78 is 2.63. The fourth-order valence-electron chi connectivity index (χ4n) is 2.49. The van der Waals surface area contributed by atoms with Gasteiger partial charge < -0.3 is 10.6 Å². The highest BCUT2D eigenvalue weighted by molar-refractivity contribution is 5.99. The van der Waals surface area contributed by atoms with Crippen molar-refractivity contribution in [3.05, 3.63) is 76.5 Å². The van der Waals surface area contributed by atoms with Crippen molar-refractivity contribution in [2.45, 2.75) is 6.92 Å². The second-order valence-corrected chi connectivity index (χ2v) is 6.08.